The highest BCUT2D eigenvalue weighted by atomic mass is 79.9. The Labute approximate surface area is 102 Å². The topological polar surface area (TPSA) is 67.7 Å². The Balaban J connectivity index is 2.60. The van der Waals surface area contributed by atoms with Gasteiger partial charge in [0.1, 0.15) is 5.84 Å². The van der Waals surface area contributed by atoms with Crippen molar-refractivity contribution in [3.63, 3.8) is 0 Å². The molecule has 0 aliphatic carbocycles. The van der Waals surface area contributed by atoms with Crippen molar-refractivity contribution < 1.29 is 0 Å². The molecule has 0 aliphatic heterocycles. The number of amidine groups is 1. The Kier molecular flexibility index (Phi) is 2.78. The predicted octanol–water partition coefficient (Wildman–Crippen LogP) is 2.23. The number of hydrogen-bond donors (Lipinski definition) is 2. The van der Waals surface area contributed by atoms with E-state index in [0.29, 0.717) is 5.56 Å². The number of nitrogen functional groups attached to an aromatic ring is 1. The van der Waals surface area contributed by atoms with E-state index in [4.69, 9.17) is 11.1 Å². The van der Waals surface area contributed by atoms with Crippen LogP contribution in [0.3, 0.4) is 0 Å². The molecule has 0 bridgehead atoms. The molecule has 0 saturated heterocycles. The van der Waals surface area contributed by atoms with Gasteiger partial charge in [-0.3, -0.25) is 5.41 Å². The van der Waals surface area contributed by atoms with Gasteiger partial charge in [-0.1, -0.05) is 15.9 Å². The monoisotopic (exact) mass is 278 g/mol. The summed E-state index contributed by atoms with van der Waals surface area (Å²) in [7, 11) is 0. The number of benzene rings is 1. The first-order valence-electron chi connectivity index (χ1n) is 4.73. The fourth-order valence-electron chi connectivity index (χ4n) is 1.47. The molecule has 0 radical (unpaired) electrons. The Morgan fingerprint density at radius 2 is 2.25 bits per heavy atom. The second-order valence-electron chi connectivity index (χ2n) is 3.54. The maximum atomic E-state index is 7.54. The molecule has 0 fully saturated rings. The number of nitrogens with zero attached hydrogens (tertiary/aromatic N) is 2. The second-order valence-corrected chi connectivity index (χ2v) is 4.45. The van der Waals surface area contributed by atoms with Crippen molar-refractivity contribution in [3.05, 3.63) is 46.2 Å². The van der Waals surface area contributed by atoms with Crippen molar-refractivity contribution in [2.24, 2.45) is 5.73 Å². The van der Waals surface area contributed by atoms with Crippen molar-refractivity contribution in [1.29, 1.82) is 5.41 Å². The predicted molar refractivity (Wildman–Crippen MR) is 67.0 cm³/mol. The van der Waals surface area contributed by atoms with Gasteiger partial charge in [-0.25, -0.2) is 4.68 Å². The summed E-state index contributed by atoms with van der Waals surface area (Å²) in [6.07, 6.45) is 3.67. The van der Waals surface area contributed by atoms with Crippen LogP contribution in [0.5, 0.6) is 0 Å². The lowest BCUT2D eigenvalue weighted by Crippen LogP contribution is -2.15. The molecule has 5 heteroatoms. The van der Waals surface area contributed by atoms with E-state index < -0.39 is 0 Å². The molecule has 1 aromatic heterocycles. The summed E-state index contributed by atoms with van der Waals surface area (Å²) in [6, 6.07) is 5.60. The van der Waals surface area contributed by atoms with E-state index in [-0.39, 0.29) is 5.84 Å². The molecular formula is C11H11BrN4. The van der Waals surface area contributed by atoms with Crippen LogP contribution < -0.4 is 5.73 Å². The lowest BCUT2D eigenvalue weighted by Gasteiger charge is -2.08. The summed E-state index contributed by atoms with van der Waals surface area (Å²) in [5.41, 5.74) is 8.09. The number of aryl methyl sites for hydroxylation is 1. The van der Waals surface area contributed by atoms with Gasteiger partial charge in [0.05, 0.1) is 11.9 Å². The normalized spacial score (nSPS) is 10.4. The minimum absolute atomic E-state index is 0.0319. The minimum Gasteiger partial charge on any atom is -0.384 e. The quantitative estimate of drug-likeness (QED) is 0.653. The zero-order valence-corrected chi connectivity index (χ0v) is 10.3. The van der Waals surface area contributed by atoms with E-state index in [1.165, 1.54) is 0 Å². The first-order chi connectivity index (χ1) is 7.58. The SMILES string of the molecule is Cc1cnn(-c2ccc(Br)cc2C(=N)N)c1. The van der Waals surface area contributed by atoms with Gasteiger partial charge >= 0.3 is 0 Å². The number of halogens is 1. The van der Waals surface area contributed by atoms with Crippen LogP contribution in [0.1, 0.15) is 11.1 Å². The van der Waals surface area contributed by atoms with Crippen molar-refractivity contribution in [2.45, 2.75) is 6.92 Å². The summed E-state index contributed by atoms with van der Waals surface area (Å²) in [5, 5.41) is 11.8. The molecular weight excluding hydrogens is 268 g/mol. The van der Waals surface area contributed by atoms with Crippen molar-refractivity contribution in [1.82, 2.24) is 9.78 Å². The third-order valence-electron chi connectivity index (χ3n) is 2.21. The maximum Gasteiger partial charge on any atom is 0.125 e. The van der Waals surface area contributed by atoms with Gasteiger partial charge in [0.2, 0.25) is 0 Å². The molecule has 0 saturated carbocycles. The largest absolute Gasteiger partial charge is 0.384 e. The van der Waals surface area contributed by atoms with Crippen molar-refractivity contribution >= 4 is 21.8 Å². The zero-order chi connectivity index (χ0) is 11.7. The van der Waals surface area contributed by atoms with E-state index in [1.54, 1.807) is 10.9 Å². The third-order valence-corrected chi connectivity index (χ3v) is 2.70. The minimum atomic E-state index is 0.0319. The highest BCUT2D eigenvalue weighted by Gasteiger charge is 2.08. The van der Waals surface area contributed by atoms with Gasteiger partial charge in [0, 0.05) is 16.2 Å². The Morgan fingerprint density at radius 3 is 2.81 bits per heavy atom. The van der Waals surface area contributed by atoms with Crippen LogP contribution in [-0.2, 0) is 0 Å². The maximum absolute atomic E-state index is 7.54. The average Bonchev–Trinajstić information content (AvgIpc) is 2.64. The molecule has 4 nitrogen and oxygen atoms in total. The summed E-state index contributed by atoms with van der Waals surface area (Å²) < 4.78 is 2.61. The van der Waals surface area contributed by atoms with Crippen LogP contribution in [0.25, 0.3) is 5.69 Å². The standard InChI is InChI=1S/C11H11BrN4/c1-7-5-15-16(6-7)10-3-2-8(12)4-9(10)11(13)14/h2-6H,1H3,(H3,13,14). The first kappa shape index (κ1) is 10.9. The van der Waals surface area contributed by atoms with E-state index in [0.717, 1.165) is 15.7 Å². The highest BCUT2D eigenvalue weighted by Crippen LogP contribution is 2.19. The molecule has 82 valence electrons. The summed E-state index contributed by atoms with van der Waals surface area (Å²) in [5.74, 6) is 0.0319. The molecule has 0 atom stereocenters. The van der Waals surface area contributed by atoms with Crippen LogP contribution >= 0.6 is 15.9 Å². The van der Waals surface area contributed by atoms with Crippen molar-refractivity contribution in [3.8, 4) is 5.69 Å². The zero-order valence-electron chi connectivity index (χ0n) is 8.74. The Hall–Kier alpha value is -1.62. The second kappa shape index (κ2) is 4.09. The van der Waals surface area contributed by atoms with E-state index in [2.05, 4.69) is 21.0 Å². The molecule has 2 rings (SSSR count). The summed E-state index contributed by atoms with van der Waals surface area (Å²) >= 11 is 3.36. The molecule has 1 heterocycles. The number of rotatable bonds is 2. The van der Waals surface area contributed by atoms with Crippen molar-refractivity contribution in [2.75, 3.05) is 0 Å². The molecule has 3 N–H and O–H groups in total. The van der Waals surface area contributed by atoms with Gasteiger partial charge < -0.3 is 5.73 Å². The fraction of sp³-hybridized carbons (Fsp3) is 0.0909. The molecule has 0 amide bonds. The molecule has 2 aromatic rings. The van der Waals surface area contributed by atoms with Crippen LogP contribution in [0.15, 0.2) is 35.1 Å². The number of hydrogen-bond acceptors (Lipinski definition) is 2. The highest BCUT2D eigenvalue weighted by molar-refractivity contribution is 9.10. The molecule has 1 aromatic carbocycles. The fourth-order valence-corrected chi connectivity index (χ4v) is 1.83. The average molecular weight is 279 g/mol. The molecule has 0 spiro atoms. The summed E-state index contributed by atoms with van der Waals surface area (Å²) in [4.78, 5) is 0. The summed E-state index contributed by atoms with van der Waals surface area (Å²) in [6.45, 7) is 1.97. The van der Waals surface area contributed by atoms with E-state index >= 15 is 0 Å². The van der Waals surface area contributed by atoms with Crippen LogP contribution in [0, 0.1) is 12.3 Å². The number of nitrogens with one attached hydrogen (secondary N) is 1. The van der Waals surface area contributed by atoms with Gasteiger partial charge in [0.15, 0.2) is 0 Å². The van der Waals surface area contributed by atoms with Crippen LogP contribution in [0.4, 0.5) is 0 Å². The van der Waals surface area contributed by atoms with Crippen LogP contribution in [-0.4, -0.2) is 15.6 Å². The van der Waals surface area contributed by atoms with Gasteiger partial charge in [0.25, 0.3) is 0 Å². The molecule has 0 unspecified atom stereocenters. The number of aromatic nitrogens is 2. The molecule has 16 heavy (non-hydrogen) atoms. The van der Waals surface area contributed by atoms with E-state index in [1.807, 2.05) is 31.3 Å². The van der Waals surface area contributed by atoms with Gasteiger partial charge in [-0.15, -0.1) is 0 Å². The van der Waals surface area contributed by atoms with Crippen LogP contribution in [0.2, 0.25) is 0 Å². The number of nitrogens with two attached hydrogens (primary N) is 1. The van der Waals surface area contributed by atoms with Gasteiger partial charge in [-0.05, 0) is 30.7 Å². The third kappa shape index (κ3) is 1.99. The smallest absolute Gasteiger partial charge is 0.125 e. The lowest BCUT2D eigenvalue weighted by molar-refractivity contribution is 0.877. The Bertz CT molecular complexity index is 545. The first-order valence-corrected chi connectivity index (χ1v) is 5.53. The molecule has 0 aliphatic rings. The van der Waals surface area contributed by atoms with E-state index in [9.17, 15) is 0 Å². The Morgan fingerprint density at radius 1 is 1.50 bits per heavy atom. The van der Waals surface area contributed by atoms with Gasteiger partial charge in [-0.2, -0.15) is 5.10 Å². The lowest BCUT2D eigenvalue weighted by atomic mass is 10.1.